The number of aliphatic hydroxyl groups excluding tert-OH is 6. The average Bonchev–Trinajstić information content (AvgIpc) is 3.28. The Hall–Kier alpha value is -3.62. The third-order valence-electron chi connectivity index (χ3n) is 11.1. The van der Waals surface area contributed by atoms with Crippen LogP contribution in [-0.2, 0) is 52.5 Å². The third kappa shape index (κ3) is 22.9. The van der Waals surface area contributed by atoms with Crippen LogP contribution in [0.25, 0.3) is 0 Å². The molecule has 0 saturated carbocycles. The van der Waals surface area contributed by atoms with Gasteiger partial charge in [0.05, 0.1) is 19.8 Å². The fraction of sp³-hybridized carbons (Fsp3) is 0.860. The van der Waals surface area contributed by atoms with Crippen molar-refractivity contribution >= 4 is 35.4 Å². The molecule has 0 aromatic heterocycles. The van der Waals surface area contributed by atoms with Crippen molar-refractivity contribution in [1.82, 2.24) is 31.9 Å². The molecular formula is C43H78N6O17. The van der Waals surface area contributed by atoms with Gasteiger partial charge < -0.3 is 86.2 Å². The van der Waals surface area contributed by atoms with E-state index in [1.165, 1.54) is 13.8 Å². The van der Waals surface area contributed by atoms with Gasteiger partial charge in [-0.3, -0.25) is 28.8 Å². The van der Waals surface area contributed by atoms with Crippen molar-refractivity contribution < 1.29 is 83.1 Å². The molecule has 0 aromatic rings. The Bertz CT molecular complexity index is 1430. The maximum absolute atomic E-state index is 13.2. The van der Waals surface area contributed by atoms with Crippen LogP contribution in [0.1, 0.15) is 110 Å². The lowest BCUT2D eigenvalue weighted by molar-refractivity contribution is -0.270. The highest BCUT2D eigenvalue weighted by molar-refractivity contribution is 5.87. The summed E-state index contributed by atoms with van der Waals surface area (Å²) in [6, 6.07) is -2.89. The minimum atomic E-state index is -1.43. The average molecular weight is 951 g/mol. The van der Waals surface area contributed by atoms with Crippen LogP contribution in [0.2, 0.25) is 0 Å². The molecular weight excluding hydrogens is 872 g/mol. The maximum Gasteiger partial charge on any atom is 0.242 e. The molecule has 0 aliphatic carbocycles. The van der Waals surface area contributed by atoms with Gasteiger partial charge in [-0.2, -0.15) is 0 Å². The molecule has 2 saturated heterocycles. The quantitative estimate of drug-likeness (QED) is 0.0291. The number of nitrogens with one attached hydrogen (secondary N) is 6. The molecule has 2 rings (SSSR count). The first-order chi connectivity index (χ1) is 31.6. The molecule has 0 radical (unpaired) electrons. The molecule has 23 nitrogen and oxygen atoms in total. The van der Waals surface area contributed by atoms with E-state index in [2.05, 4.69) is 31.9 Å². The van der Waals surface area contributed by atoms with E-state index in [0.29, 0.717) is 103 Å². The summed E-state index contributed by atoms with van der Waals surface area (Å²) in [5.74, 6) is -1.78. The molecule has 66 heavy (non-hydrogen) atoms. The van der Waals surface area contributed by atoms with Crippen LogP contribution in [0.4, 0.5) is 0 Å². The van der Waals surface area contributed by atoms with E-state index >= 15 is 0 Å². The second kappa shape index (κ2) is 33.8. The molecule has 0 bridgehead atoms. The van der Waals surface area contributed by atoms with Crippen LogP contribution >= 0.6 is 0 Å². The number of amides is 6. The summed E-state index contributed by atoms with van der Waals surface area (Å²) in [6.45, 7) is 3.32. The van der Waals surface area contributed by atoms with Crippen molar-refractivity contribution in [3.8, 4) is 0 Å². The number of ether oxygens (including phenoxy) is 5. The Balaban J connectivity index is 1.76. The van der Waals surface area contributed by atoms with Gasteiger partial charge >= 0.3 is 0 Å². The highest BCUT2D eigenvalue weighted by Crippen LogP contribution is 2.24. The van der Waals surface area contributed by atoms with Crippen molar-refractivity contribution in [2.75, 3.05) is 59.8 Å². The molecule has 2 aliphatic heterocycles. The summed E-state index contributed by atoms with van der Waals surface area (Å²) in [4.78, 5) is 74.0. The summed E-state index contributed by atoms with van der Waals surface area (Å²) in [6.07, 6.45) is -2.59. The lowest BCUT2D eigenvalue weighted by Crippen LogP contribution is -2.64. The summed E-state index contributed by atoms with van der Waals surface area (Å²) in [5.41, 5.74) is 0. The number of rotatable bonds is 34. The maximum atomic E-state index is 13.2. The van der Waals surface area contributed by atoms with Crippen LogP contribution in [-0.4, -0.2) is 193 Å². The highest BCUT2D eigenvalue weighted by atomic mass is 16.7. The van der Waals surface area contributed by atoms with Gasteiger partial charge in [-0.15, -0.1) is 0 Å². The molecule has 23 heteroatoms. The van der Waals surface area contributed by atoms with Crippen molar-refractivity contribution in [1.29, 1.82) is 0 Å². The molecule has 2 aliphatic rings. The van der Waals surface area contributed by atoms with E-state index in [9.17, 15) is 59.4 Å². The normalized spacial score (nSPS) is 25.6. The first-order valence-electron chi connectivity index (χ1n) is 23.2. The van der Waals surface area contributed by atoms with E-state index in [4.69, 9.17) is 23.7 Å². The van der Waals surface area contributed by atoms with Gasteiger partial charge in [0.1, 0.15) is 54.7 Å². The number of carbonyl (C=O) groups is 6. The van der Waals surface area contributed by atoms with Gasteiger partial charge in [-0.1, -0.05) is 19.3 Å². The number of hydrogen-bond donors (Lipinski definition) is 12. The third-order valence-corrected chi connectivity index (χ3v) is 11.1. The van der Waals surface area contributed by atoms with E-state index in [0.717, 1.165) is 6.42 Å². The molecule has 2 fully saturated rings. The largest absolute Gasteiger partial charge is 0.394 e. The first-order valence-corrected chi connectivity index (χ1v) is 23.2. The molecule has 11 atom stereocenters. The number of unbranched alkanes of at least 4 members (excludes halogenated alkanes) is 7. The van der Waals surface area contributed by atoms with Crippen molar-refractivity contribution in [2.24, 2.45) is 0 Å². The number of carbonyl (C=O) groups excluding carboxylic acids is 6. The second-order valence-electron chi connectivity index (χ2n) is 16.6. The lowest BCUT2D eigenvalue weighted by Gasteiger charge is -2.42. The minimum Gasteiger partial charge on any atom is -0.394 e. The van der Waals surface area contributed by atoms with Crippen LogP contribution in [0.15, 0.2) is 0 Å². The Labute approximate surface area is 387 Å². The molecule has 10 unspecified atom stereocenters. The summed E-state index contributed by atoms with van der Waals surface area (Å²) in [7, 11) is 1.56. The Morgan fingerprint density at radius 2 is 0.970 bits per heavy atom. The van der Waals surface area contributed by atoms with E-state index < -0.39 is 92.4 Å². The zero-order chi connectivity index (χ0) is 48.9. The fourth-order valence-electron chi connectivity index (χ4n) is 7.38. The molecule has 6 amide bonds. The van der Waals surface area contributed by atoms with Gasteiger partial charge in [0.15, 0.2) is 12.6 Å². The van der Waals surface area contributed by atoms with Gasteiger partial charge in [-0.25, -0.2) is 0 Å². The van der Waals surface area contributed by atoms with Crippen LogP contribution in [0.3, 0.4) is 0 Å². The molecule has 0 spiro atoms. The lowest BCUT2D eigenvalue weighted by atomic mass is 9.97. The number of methoxy groups -OCH3 is 1. The molecule has 0 aromatic carbocycles. The smallest absolute Gasteiger partial charge is 0.242 e. The second-order valence-corrected chi connectivity index (χ2v) is 16.6. The Morgan fingerprint density at radius 3 is 1.44 bits per heavy atom. The zero-order valence-corrected chi connectivity index (χ0v) is 38.8. The van der Waals surface area contributed by atoms with Crippen LogP contribution in [0, 0.1) is 0 Å². The summed E-state index contributed by atoms with van der Waals surface area (Å²) < 4.78 is 27.5. The zero-order valence-electron chi connectivity index (χ0n) is 38.8. The van der Waals surface area contributed by atoms with Crippen molar-refractivity contribution in [2.45, 2.75) is 177 Å². The van der Waals surface area contributed by atoms with Gasteiger partial charge in [0, 0.05) is 73.1 Å². The fourth-order valence-corrected chi connectivity index (χ4v) is 7.38. The monoisotopic (exact) mass is 951 g/mol. The summed E-state index contributed by atoms with van der Waals surface area (Å²) in [5, 5.41) is 76.6. The standard InChI is InChI=1S/C43H78N6O17/c1-27(52)47-35-39(59)37(57)30(25-50)65-42(35)63-22-13-5-8-17-32(54)44-19-12-10-15-29(41(61)46-20-11-4-7-16-33(55)45-21-24-62-3)49-34(56)18-9-6-14-23-64-43-36(48-28(2)53)40(60)38(58)31(26-51)66-43/h29-31,35-40,42-43,50-51,57-60H,4-26H2,1-3H3,(H,44,54)(H,45,55)(H,46,61)(H,47,52)(H,48,53)(H,49,56)/t29-,30?,31?,35?,36?,37?,38?,39?,40?,42?,43?/m0/s1. The number of aliphatic hydroxyl groups is 6. The van der Waals surface area contributed by atoms with Crippen LogP contribution < -0.4 is 31.9 Å². The molecule has 2 heterocycles. The summed E-state index contributed by atoms with van der Waals surface area (Å²) >= 11 is 0. The highest BCUT2D eigenvalue weighted by Gasteiger charge is 2.46. The van der Waals surface area contributed by atoms with Crippen LogP contribution in [0.5, 0.6) is 0 Å². The molecule has 12 N–H and O–H groups in total. The van der Waals surface area contributed by atoms with E-state index in [1.807, 2.05) is 0 Å². The predicted octanol–water partition coefficient (Wildman–Crippen LogP) is -2.76. The van der Waals surface area contributed by atoms with E-state index in [1.54, 1.807) is 7.11 Å². The molecule has 382 valence electrons. The van der Waals surface area contributed by atoms with E-state index in [-0.39, 0.29) is 49.7 Å². The first kappa shape index (κ1) is 58.5. The SMILES string of the molecule is COCCNC(=O)CCCCCNC(=O)[C@H](CCCCNC(=O)CCCCCOC1OC(CO)C(O)C(O)C1NC(C)=O)NC(=O)CCCCCOC1OC(CO)C(O)C(O)C1NC(C)=O. The number of hydrogen-bond acceptors (Lipinski definition) is 17. The van der Waals surface area contributed by atoms with Gasteiger partial charge in [0.2, 0.25) is 35.4 Å². The van der Waals surface area contributed by atoms with Gasteiger partial charge in [0.25, 0.3) is 0 Å². The topological polar surface area (TPSA) is 342 Å². The Morgan fingerprint density at radius 1 is 0.530 bits per heavy atom. The van der Waals surface area contributed by atoms with Gasteiger partial charge in [-0.05, 0) is 57.8 Å². The minimum absolute atomic E-state index is 0.0659. The van der Waals surface area contributed by atoms with Crippen molar-refractivity contribution in [3.05, 3.63) is 0 Å². The van der Waals surface area contributed by atoms with Crippen molar-refractivity contribution in [3.63, 3.8) is 0 Å². The predicted molar refractivity (Wildman–Crippen MR) is 235 cm³/mol. The Kier molecular flexibility index (Phi) is 30.0.